The summed E-state index contributed by atoms with van der Waals surface area (Å²) in [6, 6.07) is 11.6. The lowest BCUT2D eigenvalue weighted by atomic mass is 10.1. The molecule has 0 spiro atoms. The van der Waals surface area contributed by atoms with E-state index in [2.05, 4.69) is 15.4 Å². The molecule has 0 radical (unpaired) electrons. The highest BCUT2D eigenvalue weighted by atomic mass is 19.3. The molecule has 4 nitrogen and oxygen atoms in total. The van der Waals surface area contributed by atoms with Crippen LogP contribution in [-0.4, -0.2) is 19.1 Å². The van der Waals surface area contributed by atoms with Crippen LogP contribution in [0.5, 0.6) is 5.75 Å². The number of anilines is 1. The zero-order valence-corrected chi connectivity index (χ0v) is 12.9. The molecule has 0 aliphatic heterocycles. The van der Waals surface area contributed by atoms with Gasteiger partial charge in [0.1, 0.15) is 11.6 Å². The van der Waals surface area contributed by atoms with Crippen molar-refractivity contribution in [2.24, 2.45) is 0 Å². The molecule has 0 bridgehead atoms. The predicted octanol–water partition coefficient (Wildman–Crippen LogP) is 3.72. The molecule has 2 N–H and O–H groups in total. The molecule has 7 heteroatoms. The Hall–Kier alpha value is -2.70. The summed E-state index contributed by atoms with van der Waals surface area (Å²) in [5.74, 6) is -0.722. The Morgan fingerprint density at radius 2 is 1.79 bits per heavy atom. The van der Waals surface area contributed by atoms with Gasteiger partial charge in [-0.1, -0.05) is 24.3 Å². The Labute approximate surface area is 137 Å². The number of ether oxygens (including phenoxy) is 1. The molecular formula is C17H17F3N2O2. The monoisotopic (exact) mass is 338 g/mol. The molecule has 0 aliphatic rings. The molecular weight excluding hydrogens is 321 g/mol. The second-order valence-electron chi connectivity index (χ2n) is 5.07. The van der Waals surface area contributed by atoms with Crippen LogP contribution in [0, 0.1) is 5.82 Å². The molecule has 0 aliphatic carbocycles. The molecule has 2 rings (SSSR count). The highest BCUT2D eigenvalue weighted by molar-refractivity contribution is 5.81. The standard InChI is InChI=1S/C17H17F3N2O2/c1-11(12-6-8-13(18)9-7-12)22-16(23)10-21-14-4-2-3-5-15(14)24-17(19)20/h2-9,11,17,21H,10H2,1H3,(H,22,23). The quantitative estimate of drug-likeness (QED) is 0.809. The fraction of sp³-hybridized carbons (Fsp3) is 0.235. The van der Waals surface area contributed by atoms with Crippen LogP contribution in [0.3, 0.4) is 0 Å². The van der Waals surface area contributed by atoms with E-state index in [4.69, 9.17) is 0 Å². The minimum Gasteiger partial charge on any atom is -0.433 e. The van der Waals surface area contributed by atoms with Gasteiger partial charge in [-0.2, -0.15) is 8.78 Å². The zero-order valence-electron chi connectivity index (χ0n) is 12.9. The van der Waals surface area contributed by atoms with Crippen molar-refractivity contribution in [1.82, 2.24) is 5.32 Å². The summed E-state index contributed by atoms with van der Waals surface area (Å²) < 4.78 is 41.9. The molecule has 1 atom stereocenters. The predicted molar refractivity (Wildman–Crippen MR) is 84.5 cm³/mol. The summed E-state index contributed by atoms with van der Waals surface area (Å²) in [4.78, 5) is 12.0. The van der Waals surface area contributed by atoms with Gasteiger partial charge < -0.3 is 15.4 Å². The maximum atomic E-state index is 12.9. The third-order valence-electron chi connectivity index (χ3n) is 3.29. The topological polar surface area (TPSA) is 50.4 Å². The van der Waals surface area contributed by atoms with Gasteiger partial charge in [0.25, 0.3) is 0 Å². The van der Waals surface area contributed by atoms with Crippen LogP contribution in [0.4, 0.5) is 18.9 Å². The molecule has 0 saturated heterocycles. The van der Waals surface area contributed by atoms with Gasteiger partial charge in [0.2, 0.25) is 5.91 Å². The smallest absolute Gasteiger partial charge is 0.387 e. The molecule has 1 unspecified atom stereocenters. The van der Waals surface area contributed by atoms with E-state index in [1.807, 2.05) is 0 Å². The Morgan fingerprint density at radius 1 is 1.12 bits per heavy atom. The molecule has 1 amide bonds. The maximum absolute atomic E-state index is 12.9. The van der Waals surface area contributed by atoms with Crippen LogP contribution in [-0.2, 0) is 4.79 Å². The average molecular weight is 338 g/mol. The van der Waals surface area contributed by atoms with Crippen molar-refractivity contribution in [3.8, 4) is 5.75 Å². The molecule has 128 valence electrons. The van der Waals surface area contributed by atoms with E-state index in [-0.39, 0.29) is 30.1 Å². The minimum atomic E-state index is -2.94. The van der Waals surface area contributed by atoms with Crippen LogP contribution < -0.4 is 15.4 Å². The Balaban J connectivity index is 1.90. The van der Waals surface area contributed by atoms with Crippen molar-refractivity contribution in [2.45, 2.75) is 19.6 Å². The van der Waals surface area contributed by atoms with Crippen LogP contribution in [0.2, 0.25) is 0 Å². The number of carbonyl (C=O) groups is 1. The fourth-order valence-electron chi connectivity index (χ4n) is 2.11. The van der Waals surface area contributed by atoms with Crippen molar-refractivity contribution in [1.29, 1.82) is 0 Å². The first-order chi connectivity index (χ1) is 11.5. The van der Waals surface area contributed by atoms with E-state index < -0.39 is 6.61 Å². The van der Waals surface area contributed by atoms with E-state index in [1.54, 1.807) is 31.2 Å². The van der Waals surface area contributed by atoms with Crippen molar-refractivity contribution in [2.75, 3.05) is 11.9 Å². The molecule has 24 heavy (non-hydrogen) atoms. The van der Waals surface area contributed by atoms with Crippen LogP contribution >= 0.6 is 0 Å². The Bertz CT molecular complexity index is 678. The van der Waals surface area contributed by atoms with Gasteiger partial charge in [0, 0.05) is 0 Å². The lowest BCUT2D eigenvalue weighted by molar-refractivity contribution is -0.120. The highest BCUT2D eigenvalue weighted by Gasteiger charge is 2.12. The van der Waals surface area contributed by atoms with E-state index in [9.17, 15) is 18.0 Å². The lowest BCUT2D eigenvalue weighted by Crippen LogP contribution is -2.32. The Kier molecular flexibility index (Phi) is 6.06. The van der Waals surface area contributed by atoms with Gasteiger partial charge in [-0.15, -0.1) is 0 Å². The number of para-hydroxylation sites is 2. The van der Waals surface area contributed by atoms with E-state index in [0.29, 0.717) is 5.69 Å². The van der Waals surface area contributed by atoms with E-state index in [1.165, 1.54) is 24.3 Å². The summed E-state index contributed by atoms with van der Waals surface area (Å²) in [5.41, 5.74) is 1.05. The fourth-order valence-corrected chi connectivity index (χ4v) is 2.11. The first kappa shape index (κ1) is 17.7. The lowest BCUT2D eigenvalue weighted by Gasteiger charge is -2.16. The number of carbonyl (C=O) groups excluding carboxylic acids is 1. The molecule has 0 heterocycles. The SMILES string of the molecule is CC(NC(=O)CNc1ccccc1OC(F)F)c1ccc(F)cc1. The summed E-state index contributed by atoms with van der Waals surface area (Å²) in [7, 11) is 0. The number of hydrogen-bond acceptors (Lipinski definition) is 3. The summed E-state index contributed by atoms with van der Waals surface area (Å²) in [6.45, 7) is -1.30. The number of alkyl halides is 2. The second-order valence-corrected chi connectivity index (χ2v) is 5.07. The van der Waals surface area contributed by atoms with Crippen LogP contribution in [0.15, 0.2) is 48.5 Å². The summed E-state index contributed by atoms with van der Waals surface area (Å²) in [6.07, 6.45) is 0. The number of halogens is 3. The van der Waals surface area contributed by atoms with Crippen molar-refractivity contribution in [3.63, 3.8) is 0 Å². The van der Waals surface area contributed by atoms with Gasteiger partial charge in [-0.25, -0.2) is 4.39 Å². The minimum absolute atomic E-state index is 0.0353. The molecule has 0 saturated carbocycles. The Morgan fingerprint density at radius 3 is 2.46 bits per heavy atom. The average Bonchev–Trinajstić information content (AvgIpc) is 2.54. The third-order valence-corrected chi connectivity index (χ3v) is 3.29. The van der Waals surface area contributed by atoms with Gasteiger partial charge in [-0.05, 0) is 36.8 Å². The van der Waals surface area contributed by atoms with Gasteiger partial charge in [-0.3, -0.25) is 4.79 Å². The molecule has 2 aromatic carbocycles. The molecule has 0 aromatic heterocycles. The molecule has 2 aromatic rings. The van der Waals surface area contributed by atoms with E-state index in [0.717, 1.165) is 5.56 Å². The number of hydrogen-bond donors (Lipinski definition) is 2. The van der Waals surface area contributed by atoms with Crippen molar-refractivity contribution >= 4 is 11.6 Å². The van der Waals surface area contributed by atoms with Crippen molar-refractivity contribution < 1.29 is 22.7 Å². The van der Waals surface area contributed by atoms with Gasteiger partial charge >= 0.3 is 6.61 Å². The first-order valence-corrected chi connectivity index (χ1v) is 7.28. The van der Waals surface area contributed by atoms with Gasteiger partial charge in [0.15, 0.2) is 0 Å². The zero-order chi connectivity index (χ0) is 17.5. The van der Waals surface area contributed by atoms with Crippen LogP contribution in [0.25, 0.3) is 0 Å². The number of amides is 1. The summed E-state index contributed by atoms with van der Waals surface area (Å²) >= 11 is 0. The maximum Gasteiger partial charge on any atom is 0.387 e. The summed E-state index contributed by atoms with van der Waals surface area (Å²) in [5, 5.41) is 5.49. The highest BCUT2D eigenvalue weighted by Crippen LogP contribution is 2.25. The number of benzene rings is 2. The molecule has 0 fully saturated rings. The first-order valence-electron chi connectivity index (χ1n) is 7.28. The largest absolute Gasteiger partial charge is 0.433 e. The van der Waals surface area contributed by atoms with E-state index >= 15 is 0 Å². The number of nitrogens with one attached hydrogen (secondary N) is 2. The third kappa shape index (κ3) is 5.19. The van der Waals surface area contributed by atoms with Gasteiger partial charge in [0.05, 0.1) is 18.3 Å². The van der Waals surface area contributed by atoms with Crippen molar-refractivity contribution in [3.05, 3.63) is 59.9 Å². The normalized spacial score (nSPS) is 11.9. The second kappa shape index (κ2) is 8.24. The number of rotatable bonds is 7. The van der Waals surface area contributed by atoms with Crippen LogP contribution in [0.1, 0.15) is 18.5 Å².